The summed E-state index contributed by atoms with van der Waals surface area (Å²) in [6.45, 7) is 6.39. The first kappa shape index (κ1) is 30.4. The van der Waals surface area contributed by atoms with E-state index >= 15 is 0 Å². The summed E-state index contributed by atoms with van der Waals surface area (Å²) in [4.78, 5) is 50.7. The number of rotatable bonds is 12. The fraction of sp³-hybridized carbons (Fsp3) is 0.370. The molecule has 15 heteroatoms. The van der Waals surface area contributed by atoms with Gasteiger partial charge in [0.25, 0.3) is 11.8 Å². The highest BCUT2D eigenvalue weighted by Crippen LogP contribution is 2.29. The minimum atomic E-state index is -0.745. The Balaban J connectivity index is 1.66. The van der Waals surface area contributed by atoms with Crippen molar-refractivity contribution in [1.82, 2.24) is 35.2 Å². The number of ether oxygens (including phenoxy) is 1. The topological polar surface area (TPSA) is 183 Å². The average molecular weight is 579 g/mol. The van der Waals surface area contributed by atoms with Crippen molar-refractivity contribution in [1.29, 1.82) is 0 Å². The molecule has 0 spiro atoms. The van der Waals surface area contributed by atoms with Crippen molar-refractivity contribution in [2.75, 3.05) is 58.1 Å². The zero-order valence-electron chi connectivity index (χ0n) is 23.5. The van der Waals surface area contributed by atoms with Gasteiger partial charge in [-0.25, -0.2) is 20.4 Å². The smallest absolute Gasteiger partial charge is 0.277 e. The van der Waals surface area contributed by atoms with E-state index in [4.69, 9.17) is 30.0 Å². The number of aromatic nitrogens is 4. The van der Waals surface area contributed by atoms with Crippen LogP contribution in [-0.2, 0) is 23.1 Å². The van der Waals surface area contributed by atoms with Gasteiger partial charge in [-0.1, -0.05) is 12.1 Å². The third kappa shape index (κ3) is 7.19. The normalized spacial score (nSPS) is 14.1. The highest BCUT2D eigenvalue weighted by atomic mass is 16.5. The van der Waals surface area contributed by atoms with E-state index in [2.05, 4.69) is 26.9 Å². The number of hydroxylamine groups is 1. The Labute approximate surface area is 242 Å². The third-order valence-corrected chi connectivity index (χ3v) is 6.44. The number of carbonyl (C=O) groups is 2. The van der Waals surface area contributed by atoms with Crippen molar-refractivity contribution < 1.29 is 24.6 Å². The van der Waals surface area contributed by atoms with E-state index in [1.165, 1.54) is 12.4 Å². The van der Waals surface area contributed by atoms with Crippen molar-refractivity contribution in [3.8, 4) is 11.4 Å². The number of anilines is 1. The second-order valence-corrected chi connectivity index (χ2v) is 9.47. The highest BCUT2D eigenvalue weighted by molar-refractivity contribution is 6.11. The van der Waals surface area contributed by atoms with Crippen LogP contribution in [0.2, 0.25) is 0 Å². The fourth-order valence-electron chi connectivity index (χ4n) is 4.31. The Morgan fingerprint density at radius 3 is 2.74 bits per heavy atom. The van der Waals surface area contributed by atoms with Crippen LogP contribution in [0.4, 0.5) is 5.82 Å². The lowest BCUT2D eigenvalue weighted by Crippen LogP contribution is -2.37. The molecule has 1 aliphatic heterocycles. The summed E-state index contributed by atoms with van der Waals surface area (Å²) in [5, 5.41) is 20.6. The molecule has 1 saturated heterocycles. The van der Waals surface area contributed by atoms with E-state index in [1.54, 1.807) is 23.7 Å². The third-order valence-electron chi connectivity index (χ3n) is 6.44. The summed E-state index contributed by atoms with van der Waals surface area (Å²) in [5.74, 6) is 0.806. The van der Waals surface area contributed by atoms with E-state index in [1.807, 2.05) is 29.6 Å². The number of aliphatic hydroxyl groups excluding tert-OH is 1. The number of hydrogen-bond acceptors (Lipinski definition) is 12. The molecule has 0 atom stereocenters. The van der Waals surface area contributed by atoms with Gasteiger partial charge in [0.15, 0.2) is 22.8 Å². The number of aryl methyl sites for hydroxylation is 1. The van der Waals surface area contributed by atoms with Gasteiger partial charge in [0, 0.05) is 50.2 Å². The quantitative estimate of drug-likeness (QED) is 0.0998. The fourth-order valence-corrected chi connectivity index (χ4v) is 4.31. The van der Waals surface area contributed by atoms with Crippen LogP contribution in [0.5, 0.6) is 0 Å². The summed E-state index contributed by atoms with van der Waals surface area (Å²) in [7, 11) is 3.73. The maximum atomic E-state index is 12.5. The molecule has 2 aromatic heterocycles. The summed E-state index contributed by atoms with van der Waals surface area (Å²) in [6, 6.07) is 7.03. The van der Waals surface area contributed by atoms with Crippen molar-refractivity contribution >= 4 is 41.7 Å². The zero-order valence-corrected chi connectivity index (χ0v) is 23.5. The molecule has 42 heavy (non-hydrogen) atoms. The van der Waals surface area contributed by atoms with Gasteiger partial charge >= 0.3 is 0 Å². The van der Waals surface area contributed by atoms with Gasteiger partial charge in [-0.05, 0) is 25.9 Å². The predicted molar refractivity (Wildman–Crippen MR) is 157 cm³/mol. The van der Waals surface area contributed by atoms with Crippen LogP contribution >= 0.6 is 0 Å². The number of fused-ring (bicyclic) bond motifs is 1. The first-order chi connectivity index (χ1) is 20.4. The molecule has 0 unspecified atom stereocenters. The van der Waals surface area contributed by atoms with Crippen molar-refractivity contribution in [2.45, 2.75) is 6.54 Å². The summed E-state index contributed by atoms with van der Waals surface area (Å²) < 4.78 is 7.45. The number of amides is 2. The molecular formula is C27H34N10O5. The Morgan fingerprint density at radius 1 is 1.24 bits per heavy atom. The van der Waals surface area contributed by atoms with Crippen molar-refractivity contribution in [2.24, 2.45) is 17.0 Å². The van der Waals surface area contributed by atoms with Crippen LogP contribution in [0, 0.1) is 0 Å². The van der Waals surface area contributed by atoms with Gasteiger partial charge in [-0.2, -0.15) is 0 Å². The molecule has 1 fully saturated rings. The zero-order chi connectivity index (χ0) is 30.1. The van der Waals surface area contributed by atoms with Crippen LogP contribution in [0.3, 0.4) is 0 Å². The molecule has 222 valence electrons. The van der Waals surface area contributed by atoms with E-state index in [0.29, 0.717) is 66.8 Å². The molecule has 2 amide bonds. The maximum Gasteiger partial charge on any atom is 0.277 e. The molecule has 1 aliphatic rings. The van der Waals surface area contributed by atoms with Crippen LogP contribution in [0.15, 0.2) is 46.0 Å². The Bertz CT molecular complexity index is 1500. The SMILES string of the molecule is C=N/C=C(\C=N/CN(C)Cc1nc2c(N3CCOCC3)nc(-c3cccc(C(=O)NCCO)c3)nc2n1C)C(=O)NO. The minimum Gasteiger partial charge on any atom is -0.395 e. The molecule has 4 rings (SSSR count). The van der Waals surface area contributed by atoms with Gasteiger partial charge in [-0.3, -0.25) is 29.7 Å². The molecule has 0 bridgehead atoms. The van der Waals surface area contributed by atoms with E-state index in [9.17, 15) is 9.59 Å². The first-order valence-corrected chi connectivity index (χ1v) is 13.2. The number of carbonyl (C=O) groups excluding carboxylic acids is 2. The predicted octanol–water partition coefficient (Wildman–Crippen LogP) is 0.139. The molecule has 15 nitrogen and oxygen atoms in total. The van der Waals surface area contributed by atoms with Gasteiger partial charge in [-0.15, -0.1) is 0 Å². The second kappa shape index (κ2) is 14.4. The van der Waals surface area contributed by atoms with Gasteiger partial charge in [0.1, 0.15) is 5.82 Å². The van der Waals surface area contributed by atoms with E-state index in [0.717, 1.165) is 5.82 Å². The van der Waals surface area contributed by atoms with Crippen LogP contribution in [-0.4, -0.2) is 113 Å². The average Bonchev–Trinajstić information content (AvgIpc) is 3.33. The minimum absolute atomic E-state index is 0.0523. The largest absolute Gasteiger partial charge is 0.395 e. The molecule has 0 radical (unpaired) electrons. The van der Waals surface area contributed by atoms with Crippen LogP contribution in [0.25, 0.3) is 22.6 Å². The van der Waals surface area contributed by atoms with Crippen molar-refractivity contribution in [3.63, 3.8) is 0 Å². The number of benzene rings is 1. The Morgan fingerprint density at radius 2 is 2.02 bits per heavy atom. The van der Waals surface area contributed by atoms with Gasteiger partial charge in [0.05, 0.1) is 38.6 Å². The van der Waals surface area contributed by atoms with Crippen LogP contribution in [0.1, 0.15) is 16.2 Å². The Hall–Kier alpha value is -4.57. The van der Waals surface area contributed by atoms with Gasteiger partial charge < -0.3 is 24.6 Å². The van der Waals surface area contributed by atoms with E-state index in [-0.39, 0.29) is 31.3 Å². The first-order valence-electron chi connectivity index (χ1n) is 13.2. The summed E-state index contributed by atoms with van der Waals surface area (Å²) >= 11 is 0. The number of aliphatic hydroxyl groups is 1. The van der Waals surface area contributed by atoms with Crippen LogP contribution < -0.4 is 15.7 Å². The molecule has 1 aromatic carbocycles. The Kier molecular flexibility index (Phi) is 10.4. The standard InChI is InChI=1S/C27H34N10O5/c1-28-14-20(27(40)34-41)15-29-17-35(2)16-21-31-22-24(36(21)3)32-23(33-25(22)37-8-11-42-12-9-37)18-5-4-6-19(13-18)26(39)30-7-10-38/h4-6,13-15,38,41H,1,7-12,16-17H2,2-3H3,(H,30,39)(H,34,40)/b20-14+,29-15-. The number of nitrogens with one attached hydrogen (secondary N) is 2. The summed E-state index contributed by atoms with van der Waals surface area (Å²) in [6.07, 6.45) is 2.50. The molecule has 0 saturated carbocycles. The van der Waals surface area contributed by atoms with Crippen molar-refractivity contribution in [3.05, 3.63) is 47.4 Å². The van der Waals surface area contributed by atoms with E-state index < -0.39 is 5.91 Å². The summed E-state index contributed by atoms with van der Waals surface area (Å²) in [5.41, 5.74) is 3.98. The second-order valence-electron chi connectivity index (χ2n) is 9.47. The molecule has 4 N–H and O–H groups in total. The monoisotopic (exact) mass is 578 g/mol. The number of nitrogens with zero attached hydrogens (tertiary/aromatic N) is 8. The number of morpholine rings is 1. The molecule has 3 heterocycles. The number of hydrogen-bond donors (Lipinski definition) is 4. The number of imidazole rings is 1. The lowest BCUT2D eigenvalue weighted by molar-refractivity contribution is -0.124. The molecule has 0 aliphatic carbocycles. The van der Waals surface area contributed by atoms with Gasteiger partial charge in [0.2, 0.25) is 0 Å². The lowest BCUT2D eigenvalue weighted by Gasteiger charge is -2.28. The molecule has 3 aromatic rings. The maximum absolute atomic E-state index is 12.5. The highest BCUT2D eigenvalue weighted by Gasteiger charge is 2.23. The lowest BCUT2D eigenvalue weighted by atomic mass is 10.1. The number of aliphatic imine (C=N–C) groups is 2. The molecular weight excluding hydrogens is 544 g/mol.